The van der Waals surface area contributed by atoms with E-state index < -0.39 is 6.04 Å². The van der Waals surface area contributed by atoms with Crippen molar-refractivity contribution in [3.05, 3.63) is 91.5 Å². The minimum absolute atomic E-state index is 0.316. The fourth-order valence-electron chi connectivity index (χ4n) is 2.16. The van der Waals surface area contributed by atoms with E-state index >= 15 is 0 Å². The van der Waals surface area contributed by atoms with Gasteiger partial charge in [0, 0.05) is 15.8 Å². The highest BCUT2D eigenvalue weighted by Gasteiger charge is 2.16. The van der Waals surface area contributed by atoms with Gasteiger partial charge in [-0.05, 0) is 54.5 Å². The fraction of sp³-hybridized carbons (Fsp3) is 0.158. The summed E-state index contributed by atoms with van der Waals surface area (Å²) in [5.74, 6) is 0. The molecule has 2 rings (SSSR count). The lowest BCUT2D eigenvalue weighted by Gasteiger charge is -2.20. The lowest BCUT2D eigenvalue weighted by molar-refractivity contribution is 0.0104. The highest BCUT2D eigenvalue weighted by molar-refractivity contribution is 6.42. The van der Waals surface area contributed by atoms with Crippen LogP contribution in [0.15, 0.2) is 65.3 Å². The van der Waals surface area contributed by atoms with Gasteiger partial charge in [-0.1, -0.05) is 64.6 Å². The maximum absolute atomic E-state index is 6.21. The molecule has 0 saturated carbocycles. The van der Waals surface area contributed by atoms with Crippen LogP contribution in [0.2, 0.25) is 15.1 Å². The van der Waals surface area contributed by atoms with Gasteiger partial charge in [-0.3, -0.25) is 4.84 Å². The van der Waals surface area contributed by atoms with E-state index in [1.54, 1.807) is 37.3 Å². The number of hydrogen-bond donors (Lipinski definition) is 2. The highest BCUT2D eigenvalue weighted by Crippen LogP contribution is 2.28. The normalized spacial score (nSPS) is 13.7. The molecule has 3 N–H and O–H groups in total. The SMILES string of the molecule is C/C(Cl)=C\C=C(/N)C(NOCc1cccc(Cl)c1)c1ccc(Cl)c(Cl)c1. The van der Waals surface area contributed by atoms with Gasteiger partial charge in [-0.25, -0.2) is 0 Å². The van der Waals surface area contributed by atoms with Crippen molar-refractivity contribution in [1.29, 1.82) is 0 Å². The molecule has 7 heteroatoms. The molecule has 3 nitrogen and oxygen atoms in total. The minimum atomic E-state index is -0.434. The summed E-state index contributed by atoms with van der Waals surface area (Å²) in [6, 6.07) is 12.3. The van der Waals surface area contributed by atoms with Crippen molar-refractivity contribution < 1.29 is 4.84 Å². The zero-order valence-corrected chi connectivity index (χ0v) is 17.0. The van der Waals surface area contributed by atoms with Gasteiger partial charge >= 0.3 is 0 Å². The topological polar surface area (TPSA) is 47.3 Å². The standard InChI is InChI=1S/C19H18Cl4N2O/c1-12(20)5-8-18(24)19(14-6-7-16(22)17(23)10-14)25-26-11-13-3-2-4-15(21)9-13/h2-10,19,25H,11,24H2,1H3/b12-5+,18-8-. The summed E-state index contributed by atoms with van der Waals surface area (Å²) in [5.41, 5.74) is 11.4. The van der Waals surface area contributed by atoms with Gasteiger partial charge < -0.3 is 5.73 Å². The molecule has 0 bridgehead atoms. The lowest BCUT2D eigenvalue weighted by Crippen LogP contribution is -2.27. The highest BCUT2D eigenvalue weighted by atomic mass is 35.5. The van der Waals surface area contributed by atoms with Gasteiger partial charge in [0.25, 0.3) is 0 Å². The number of nitrogens with two attached hydrogens (primary N) is 1. The maximum Gasteiger partial charge on any atom is 0.0965 e. The molecule has 0 aromatic heterocycles. The molecule has 1 unspecified atom stereocenters. The zero-order valence-electron chi connectivity index (χ0n) is 14.0. The van der Waals surface area contributed by atoms with E-state index in [0.717, 1.165) is 11.1 Å². The molecule has 0 heterocycles. The molecule has 2 aromatic carbocycles. The first-order valence-electron chi connectivity index (χ1n) is 7.73. The molecule has 0 spiro atoms. The van der Waals surface area contributed by atoms with Gasteiger partial charge in [-0.15, -0.1) is 0 Å². The summed E-state index contributed by atoms with van der Waals surface area (Å²) >= 11 is 24.0. The summed E-state index contributed by atoms with van der Waals surface area (Å²) in [4.78, 5) is 5.63. The van der Waals surface area contributed by atoms with Crippen LogP contribution in [0, 0.1) is 0 Å². The molecular weight excluding hydrogens is 414 g/mol. The van der Waals surface area contributed by atoms with E-state index in [4.69, 9.17) is 57.0 Å². The molecule has 0 aliphatic heterocycles. The molecule has 0 saturated heterocycles. The third-order valence-electron chi connectivity index (χ3n) is 3.44. The van der Waals surface area contributed by atoms with Crippen molar-refractivity contribution in [2.24, 2.45) is 5.73 Å². The van der Waals surface area contributed by atoms with Gasteiger partial charge in [0.2, 0.25) is 0 Å². The van der Waals surface area contributed by atoms with Crippen molar-refractivity contribution >= 4 is 46.4 Å². The third kappa shape index (κ3) is 6.51. The molecule has 26 heavy (non-hydrogen) atoms. The van der Waals surface area contributed by atoms with Crippen LogP contribution in [-0.2, 0) is 11.4 Å². The second-order valence-electron chi connectivity index (χ2n) is 5.56. The predicted molar refractivity (Wildman–Crippen MR) is 110 cm³/mol. The molecule has 138 valence electrons. The third-order valence-corrected chi connectivity index (χ3v) is 4.54. The van der Waals surface area contributed by atoms with E-state index in [0.29, 0.717) is 32.4 Å². The largest absolute Gasteiger partial charge is 0.400 e. The summed E-state index contributed by atoms with van der Waals surface area (Å²) in [7, 11) is 0. The number of halogens is 4. The van der Waals surface area contributed by atoms with Crippen LogP contribution in [0.1, 0.15) is 24.1 Å². The Morgan fingerprint density at radius 2 is 1.88 bits per heavy atom. The van der Waals surface area contributed by atoms with Crippen molar-refractivity contribution in [3.63, 3.8) is 0 Å². The van der Waals surface area contributed by atoms with Crippen LogP contribution in [-0.4, -0.2) is 0 Å². The average molecular weight is 432 g/mol. The molecule has 0 aliphatic carbocycles. The number of rotatable bonds is 7. The van der Waals surface area contributed by atoms with Crippen LogP contribution >= 0.6 is 46.4 Å². The quantitative estimate of drug-likeness (QED) is 0.394. The molecule has 2 aromatic rings. The van der Waals surface area contributed by atoms with E-state index in [1.807, 2.05) is 24.3 Å². The maximum atomic E-state index is 6.21. The monoisotopic (exact) mass is 430 g/mol. The van der Waals surface area contributed by atoms with Crippen molar-refractivity contribution in [3.8, 4) is 0 Å². The Kier molecular flexibility index (Phi) is 8.29. The molecule has 1 atom stereocenters. The van der Waals surface area contributed by atoms with E-state index in [-0.39, 0.29) is 0 Å². The smallest absolute Gasteiger partial charge is 0.0965 e. The summed E-state index contributed by atoms with van der Waals surface area (Å²) in [6.45, 7) is 2.08. The van der Waals surface area contributed by atoms with E-state index in [1.165, 1.54) is 0 Å². The minimum Gasteiger partial charge on any atom is -0.400 e. The fourth-order valence-corrected chi connectivity index (χ4v) is 2.75. The second-order valence-corrected chi connectivity index (χ2v) is 7.41. The average Bonchev–Trinajstić information content (AvgIpc) is 2.59. The van der Waals surface area contributed by atoms with E-state index in [2.05, 4.69) is 5.48 Å². The number of benzene rings is 2. The van der Waals surface area contributed by atoms with Crippen LogP contribution < -0.4 is 11.2 Å². The lowest BCUT2D eigenvalue weighted by atomic mass is 10.0. The van der Waals surface area contributed by atoms with E-state index in [9.17, 15) is 0 Å². The van der Waals surface area contributed by atoms with Crippen LogP contribution in [0.3, 0.4) is 0 Å². The Labute approximate surface area is 173 Å². The first kappa shape index (κ1) is 21.1. The number of allylic oxidation sites excluding steroid dienone is 3. The van der Waals surface area contributed by atoms with Gasteiger partial charge in [-0.2, -0.15) is 5.48 Å². The van der Waals surface area contributed by atoms with Crippen LogP contribution in [0.4, 0.5) is 0 Å². The Morgan fingerprint density at radius 1 is 1.12 bits per heavy atom. The summed E-state index contributed by atoms with van der Waals surface area (Å²) < 4.78 is 0. The molecular formula is C19H18Cl4N2O. The first-order chi connectivity index (χ1) is 12.4. The second kappa shape index (κ2) is 10.2. The summed E-state index contributed by atoms with van der Waals surface area (Å²) in [6.07, 6.45) is 3.42. The Hall–Kier alpha value is -1.20. The van der Waals surface area contributed by atoms with Crippen molar-refractivity contribution in [2.75, 3.05) is 0 Å². The Balaban J connectivity index is 2.18. The number of nitrogens with one attached hydrogen (secondary N) is 1. The van der Waals surface area contributed by atoms with Gasteiger partial charge in [0.15, 0.2) is 0 Å². The van der Waals surface area contributed by atoms with Crippen LogP contribution in [0.25, 0.3) is 0 Å². The van der Waals surface area contributed by atoms with Crippen LogP contribution in [0.5, 0.6) is 0 Å². The molecule has 0 amide bonds. The first-order valence-corrected chi connectivity index (χ1v) is 9.24. The summed E-state index contributed by atoms with van der Waals surface area (Å²) in [5, 5.41) is 2.16. The van der Waals surface area contributed by atoms with Crippen molar-refractivity contribution in [2.45, 2.75) is 19.6 Å². The van der Waals surface area contributed by atoms with Crippen molar-refractivity contribution in [1.82, 2.24) is 5.48 Å². The Morgan fingerprint density at radius 3 is 2.54 bits per heavy atom. The molecule has 0 radical (unpaired) electrons. The number of hydrogen-bond acceptors (Lipinski definition) is 3. The number of hydroxylamine groups is 1. The molecule has 0 aliphatic rings. The van der Waals surface area contributed by atoms with Gasteiger partial charge in [0.05, 0.1) is 22.7 Å². The molecule has 0 fully saturated rings. The zero-order chi connectivity index (χ0) is 19.1. The Bertz CT molecular complexity index is 817. The van der Waals surface area contributed by atoms with Gasteiger partial charge in [0.1, 0.15) is 0 Å². The predicted octanol–water partition coefficient (Wildman–Crippen LogP) is 6.39.